The molecular weight excluding hydrogens is 328 g/mol. The molecule has 0 aliphatic carbocycles. The fourth-order valence-corrected chi connectivity index (χ4v) is 2.62. The summed E-state index contributed by atoms with van der Waals surface area (Å²) in [6.07, 6.45) is 0. The maximum atomic E-state index is 11.4. The Kier molecular flexibility index (Phi) is 8.56. The summed E-state index contributed by atoms with van der Waals surface area (Å²) in [6, 6.07) is 7.86. The molecule has 0 saturated carbocycles. The molecule has 136 valence electrons. The van der Waals surface area contributed by atoms with Crippen molar-refractivity contribution in [3.63, 3.8) is 0 Å². The second kappa shape index (κ2) is 10.1. The van der Waals surface area contributed by atoms with E-state index >= 15 is 0 Å². The van der Waals surface area contributed by atoms with Crippen LogP contribution in [0.3, 0.4) is 0 Å². The average molecular weight is 356 g/mol. The molecule has 1 rings (SSSR count). The van der Waals surface area contributed by atoms with Crippen LogP contribution in [0, 0.1) is 0 Å². The van der Waals surface area contributed by atoms with E-state index in [0.717, 1.165) is 23.8 Å². The van der Waals surface area contributed by atoms with Crippen LogP contribution < -0.4 is 14.8 Å². The monoisotopic (exact) mass is 356 g/mol. The van der Waals surface area contributed by atoms with E-state index in [1.165, 1.54) is 0 Å². The van der Waals surface area contributed by atoms with E-state index in [1.54, 1.807) is 14.0 Å². The minimum atomic E-state index is -3.17. The zero-order valence-electron chi connectivity index (χ0n) is 14.9. The van der Waals surface area contributed by atoms with Gasteiger partial charge in [-0.25, -0.2) is 13.1 Å². The molecule has 1 aromatic rings. The topological polar surface area (TPSA) is 83.0 Å². The third-order valence-electron chi connectivity index (χ3n) is 3.35. The normalized spacial score (nSPS) is 12.1. The quantitative estimate of drug-likeness (QED) is 0.392. The van der Waals surface area contributed by atoms with Gasteiger partial charge in [0.2, 0.25) is 10.0 Å². The van der Waals surface area contributed by atoms with Crippen LogP contribution in [0.15, 0.2) is 29.3 Å². The molecule has 0 spiro atoms. The lowest BCUT2D eigenvalue weighted by molar-refractivity contribution is 0.414. The Labute approximate surface area is 145 Å². The molecule has 0 aliphatic rings. The first-order chi connectivity index (χ1) is 11.4. The molecular formula is C16H28N4O3S. The first-order valence-electron chi connectivity index (χ1n) is 8.01. The second-order valence-electron chi connectivity index (χ2n) is 5.24. The Morgan fingerprint density at radius 3 is 2.46 bits per heavy atom. The number of ether oxygens (including phenoxy) is 1. The first-order valence-corrected chi connectivity index (χ1v) is 9.66. The molecule has 0 aliphatic heterocycles. The molecule has 0 saturated heterocycles. The molecule has 0 fully saturated rings. The number of hydrogen-bond acceptors (Lipinski definition) is 4. The van der Waals surface area contributed by atoms with E-state index in [-0.39, 0.29) is 5.75 Å². The van der Waals surface area contributed by atoms with Gasteiger partial charge >= 0.3 is 0 Å². The van der Waals surface area contributed by atoms with Crippen LogP contribution in [-0.2, 0) is 16.6 Å². The number of hydrogen-bond donors (Lipinski definition) is 2. The van der Waals surface area contributed by atoms with Gasteiger partial charge in [-0.15, -0.1) is 0 Å². The van der Waals surface area contributed by atoms with Gasteiger partial charge in [0.1, 0.15) is 5.75 Å². The fourth-order valence-electron chi connectivity index (χ4n) is 2.01. The van der Waals surface area contributed by atoms with E-state index in [4.69, 9.17) is 4.74 Å². The van der Waals surface area contributed by atoms with Crippen molar-refractivity contribution in [1.82, 2.24) is 14.9 Å². The molecule has 2 N–H and O–H groups in total. The summed E-state index contributed by atoms with van der Waals surface area (Å²) in [6.45, 7) is 5.72. The Hall–Kier alpha value is -1.80. The van der Waals surface area contributed by atoms with Crippen molar-refractivity contribution in [3.05, 3.63) is 29.8 Å². The third-order valence-corrected chi connectivity index (χ3v) is 4.75. The van der Waals surface area contributed by atoms with E-state index in [1.807, 2.05) is 43.1 Å². The minimum Gasteiger partial charge on any atom is -0.497 e. The van der Waals surface area contributed by atoms with Crippen LogP contribution in [0.25, 0.3) is 0 Å². The molecule has 1 aromatic carbocycles. The summed E-state index contributed by atoms with van der Waals surface area (Å²) in [5, 5.41) is 3.21. The van der Waals surface area contributed by atoms with Gasteiger partial charge in [0.05, 0.1) is 19.4 Å². The van der Waals surface area contributed by atoms with E-state index in [9.17, 15) is 8.42 Å². The SMILES string of the molecule is CCNC(=NCCNS(=O)(=O)CC)N(C)Cc1ccc(OC)cc1. The van der Waals surface area contributed by atoms with Crippen molar-refractivity contribution in [2.24, 2.45) is 4.99 Å². The summed E-state index contributed by atoms with van der Waals surface area (Å²) in [4.78, 5) is 6.46. The highest BCUT2D eigenvalue weighted by Gasteiger charge is 2.08. The summed E-state index contributed by atoms with van der Waals surface area (Å²) in [5.74, 6) is 1.64. The number of aliphatic imine (C=N–C) groups is 1. The maximum Gasteiger partial charge on any atom is 0.211 e. The first kappa shape index (κ1) is 20.2. The van der Waals surface area contributed by atoms with Crippen molar-refractivity contribution in [2.45, 2.75) is 20.4 Å². The fraction of sp³-hybridized carbons (Fsp3) is 0.562. The summed E-state index contributed by atoms with van der Waals surface area (Å²) in [7, 11) is 0.419. The second-order valence-corrected chi connectivity index (χ2v) is 7.33. The van der Waals surface area contributed by atoms with Gasteiger partial charge in [-0.05, 0) is 31.5 Å². The molecule has 7 nitrogen and oxygen atoms in total. The number of rotatable bonds is 9. The van der Waals surface area contributed by atoms with Gasteiger partial charge in [-0.2, -0.15) is 0 Å². The number of sulfonamides is 1. The predicted octanol–water partition coefficient (Wildman–Crippen LogP) is 1.03. The Balaban J connectivity index is 2.62. The lowest BCUT2D eigenvalue weighted by Crippen LogP contribution is -2.39. The number of nitrogens with one attached hydrogen (secondary N) is 2. The van der Waals surface area contributed by atoms with E-state index < -0.39 is 10.0 Å². The lowest BCUT2D eigenvalue weighted by Gasteiger charge is -2.22. The van der Waals surface area contributed by atoms with Gasteiger partial charge < -0.3 is 15.0 Å². The van der Waals surface area contributed by atoms with Crippen molar-refractivity contribution in [1.29, 1.82) is 0 Å². The van der Waals surface area contributed by atoms with Crippen molar-refractivity contribution in [3.8, 4) is 5.75 Å². The van der Waals surface area contributed by atoms with Gasteiger partial charge in [-0.3, -0.25) is 4.99 Å². The molecule has 0 bridgehead atoms. The largest absolute Gasteiger partial charge is 0.497 e. The third kappa shape index (κ3) is 7.18. The van der Waals surface area contributed by atoms with Gasteiger partial charge in [-0.1, -0.05) is 12.1 Å². The molecule has 0 unspecified atom stereocenters. The van der Waals surface area contributed by atoms with Crippen LogP contribution in [0.1, 0.15) is 19.4 Å². The van der Waals surface area contributed by atoms with E-state index in [2.05, 4.69) is 15.0 Å². The number of methoxy groups -OCH3 is 1. The van der Waals surface area contributed by atoms with Crippen molar-refractivity contribution >= 4 is 16.0 Å². The van der Waals surface area contributed by atoms with Gasteiger partial charge in [0.25, 0.3) is 0 Å². The molecule has 0 aromatic heterocycles. The van der Waals surface area contributed by atoms with Crippen molar-refractivity contribution in [2.75, 3.05) is 39.5 Å². The van der Waals surface area contributed by atoms with Crippen LogP contribution in [0.2, 0.25) is 0 Å². The van der Waals surface area contributed by atoms with Crippen LogP contribution >= 0.6 is 0 Å². The highest BCUT2D eigenvalue weighted by molar-refractivity contribution is 7.89. The van der Waals surface area contributed by atoms with Gasteiger partial charge in [0, 0.05) is 26.7 Å². The van der Waals surface area contributed by atoms with Crippen molar-refractivity contribution < 1.29 is 13.2 Å². The highest BCUT2D eigenvalue weighted by atomic mass is 32.2. The number of nitrogens with zero attached hydrogens (tertiary/aromatic N) is 2. The Bertz CT molecular complexity index is 615. The molecule has 0 heterocycles. The van der Waals surface area contributed by atoms with Gasteiger partial charge in [0.15, 0.2) is 5.96 Å². The Morgan fingerprint density at radius 2 is 1.92 bits per heavy atom. The van der Waals surface area contributed by atoms with E-state index in [0.29, 0.717) is 19.6 Å². The highest BCUT2D eigenvalue weighted by Crippen LogP contribution is 2.12. The average Bonchev–Trinajstić information content (AvgIpc) is 2.58. The predicted molar refractivity (Wildman–Crippen MR) is 97.9 cm³/mol. The number of benzene rings is 1. The zero-order chi connectivity index (χ0) is 18.0. The maximum absolute atomic E-state index is 11.4. The van der Waals surface area contributed by atoms with Crippen LogP contribution in [0.5, 0.6) is 5.75 Å². The standard InChI is InChI=1S/C16H28N4O3S/c1-5-17-16(18-11-12-19-24(21,22)6-2)20(3)13-14-7-9-15(23-4)10-8-14/h7-10,19H,5-6,11-13H2,1-4H3,(H,17,18). The van der Waals surface area contributed by atoms with Crippen LogP contribution in [-0.4, -0.2) is 58.8 Å². The molecule has 8 heteroatoms. The smallest absolute Gasteiger partial charge is 0.211 e. The molecule has 0 radical (unpaired) electrons. The zero-order valence-corrected chi connectivity index (χ0v) is 15.7. The Morgan fingerprint density at radius 1 is 1.25 bits per heavy atom. The summed E-state index contributed by atoms with van der Waals surface area (Å²) < 4.78 is 30.5. The summed E-state index contributed by atoms with van der Waals surface area (Å²) >= 11 is 0. The molecule has 0 atom stereocenters. The number of guanidine groups is 1. The molecule has 24 heavy (non-hydrogen) atoms. The lowest BCUT2D eigenvalue weighted by atomic mass is 10.2. The van der Waals surface area contributed by atoms with Crippen LogP contribution in [0.4, 0.5) is 0 Å². The minimum absolute atomic E-state index is 0.0775. The molecule has 0 amide bonds. The summed E-state index contributed by atoms with van der Waals surface area (Å²) in [5.41, 5.74) is 1.13.